The first kappa shape index (κ1) is 22.1. The van der Waals surface area contributed by atoms with Gasteiger partial charge >= 0.3 is 0 Å². The number of aliphatic hydroxyl groups is 1. The highest BCUT2D eigenvalue weighted by Crippen LogP contribution is 2.27. The number of hydrogen-bond donors (Lipinski definition) is 2. The van der Waals surface area contributed by atoms with Crippen molar-refractivity contribution in [3.63, 3.8) is 0 Å². The maximum atomic E-state index is 12.7. The maximum absolute atomic E-state index is 12.7. The third-order valence-corrected chi connectivity index (χ3v) is 8.07. The van der Waals surface area contributed by atoms with Gasteiger partial charge < -0.3 is 19.6 Å². The molecule has 0 saturated carbocycles. The van der Waals surface area contributed by atoms with Crippen LogP contribution in [0, 0.1) is 0 Å². The molecular weight excluding hydrogens is 436 g/mol. The van der Waals surface area contributed by atoms with Gasteiger partial charge in [-0.3, -0.25) is 9.69 Å². The van der Waals surface area contributed by atoms with Crippen LogP contribution in [0.15, 0.2) is 59.6 Å². The molecule has 3 aliphatic rings. The van der Waals surface area contributed by atoms with Crippen LogP contribution in [0.3, 0.4) is 0 Å². The van der Waals surface area contributed by atoms with Crippen molar-refractivity contribution in [1.29, 1.82) is 0 Å². The Morgan fingerprint density at radius 2 is 1.73 bits per heavy atom. The van der Waals surface area contributed by atoms with Crippen LogP contribution >= 0.6 is 0 Å². The second kappa shape index (κ2) is 9.67. The summed E-state index contributed by atoms with van der Waals surface area (Å²) in [5, 5.41) is 10.5. The predicted molar refractivity (Wildman–Crippen MR) is 130 cm³/mol. The number of rotatable bonds is 4. The normalized spacial score (nSPS) is 22.5. The zero-order chi connectivity index (χ0) is 22.8. The minimum Gasteiger partial charge on any atom is -0.378 e. The summed E-state index contributed by atoms with van der Waals surface area (Å²) in [4.78, 5) is 20.3. The summed E-state index contributed by atoms with van der Waals surface area (Å²) in [6, 6.07) is 15.8. The highest BCUT2D eigenvalue weighted by atomic mass is 32.2. The van der Waals surface area contributed by atoms with Gasteiger partial charge in [-0.15, -0.1) is 0 Å². The van der Waals surface area contributed by atoms with Gasteiger partial charge in [0.25, 0.3) is 5.91 Å². The summed E-state index contributed by atoms with van der Waals surface area (Å²) in [7, 11) is -1.17. The lowest BCUT2D eigenvalue weighted by Crippen LogP contribution is -2.54. The summed E-state index contributed by atoms with van der Waals surface area (Å²) in [6.07, 6.45) is 4.52. The zero-order valence-corrected chi connectivity index (χ0v) is 19.4. The largest absolute Gasteiger partial charge is 0.378 e. The molecule has 2 atom stereocenters. The van der Waals surface area contributed by atoms with E-state index in [0.29, 0.717) is 24.7 Å². The van der Waals surface area contributed by atoms with Crippen LogP contribution < -0.4 is 9.62 Å². The van der Waals surface area contributed by atoms with Crippen LogP contribution in [0.2, 0.25) is 0 Å². The number of nitrogens with one attached hydrogen (secondary N) is 1. The van der Waals surface area contributed by atoms with Crippen molar-refractivity contribution in [2.45, 2.75) is 29.9 Å². The number of carbonyl (C=O) groups excluding carboxylic acids is 1. The number of aliphatic hydroxyl groups excluding tert-OH is 1. The molecule has 2 unspecified atom stereocenters. The molecule has 2 aromatic carbocycles. The molecular formula is C25H30N4O3S. The van der Waals surface area contributed by atoms with E-state index in [0.717, 1.165) is 49.5 Å². The van der Waals surface area contributed by atoms with Crippen LogP contribution in [0.4, 0.5) is 5.69 Å². The van der Waals surface area contributed by atoms with Crippen LogP contribution in [0.1, 0.15) is 30.1 Å². The number of amides is 1. The van der Waals surface area contributed by atoms with Crippen molar-refractivity contribution in [3.8, 4) is 0 Å². The Morgan fingerprint density at radius 1 is 1.00 bits per heavy atom. The van der Waals surface area contributed by atoms with E-state index in [1.807, 2.05) is 35.2 Å². The van der Waals surface area contributed by atoms with Gasteiger partial charge in [-0.05, 0) is 48.2 Å². The number of carbonyl (C=O) groups is 1. The third-order valence-electron chi connectivity index (χ3n) is 6.95. The standard InChI is InChI=1S/C25H30N4O3S/c30-24(19-4-2-1-3-5-19)25(31)29-12-9-21(10-13-29)27-14-16-28(17-15-27)22-6-7-23-20(18-22)8-11-26-33(23)32/h1-8,11,18,21,24,26,30H,9-10,12-17H2. The first-order valence-corrected chi connectivity index (χ1v) is 12.7. The number of piperidine rings is 1. The van der Waals surface area contributed by atoms with Crippen molar-refractivity contribution >= 4 is 28.7 Å². The van der Waals surface area contributed by atoms with Crippen LogP contribution in [0.25, 0.3) is 6.08 Å². The molecule has 2 N–H and O–H groups in total. The lowest BCUT2D eigenvalue weighted by Gasteiger charge is -2.43. The minimum atomic E-state index is -1.17. The maximum Gasteiger partial charge on any atom is 0.256 e. The fraction of sp³-hybridized carbons (Fsp3) is 0.400. The molecule has 5 rings (SSSR count). The molecule has 2 aromatic rings. The number of benzene rings is 2. The smallest absolute Gasteiger partial charge is 0.256 e. The number of nitrogens with zero attached hydrogens (tertiary/aromatic N) is 3. The van der Waals surface area contributed by atoms with Crippen LogP contribution in [-0.2, 0) is 15.8 Å². The summed E-state index contributed by atoms with van der Waals surface area (Å²) in [6.45, 7) is 5.27. The molecule has 0 aliphatic carbocycles. The average Bonchev–Trinajstić information content (AvgIpc) is 2.88. The molecule has 7 nitrogen and oxygen atoms in total. The fourth-order valence-corrected chi connectivity index (χ4v) is 5.88. The van der Waals surface area contributed by atoms with E-state index in [9.17, 15) is 14.1 Å². The molecule has 1 amide bonds. The Hall–Kier alpha value is -2.68. The lowest BCUT2D eigenvalue weighted by molar-refractivity contribution is -0.142. The molecule has 0 spiro atoms. The van der Waals surface area contributed by atoms with Crippen molar-refractivity contribution in [2.24, 2.45) is 0 Å². The topological polar surface area (TPSA) is 76.1 Å². The predicted octanol–water partition coefficient (Wildman–Crippen LogP) is 2.13. The first-order chi connectivity index (χ1) is 16.1. The summed E-state index contributed by atoms with van der Waals surface area (Å²) < 4.78 is 14.9. The molecule has 3 aliphatic heterocycles. The number of piperazine rings is 1. The number of anilines is 1. The van der Waals surface area contributed by atoms with E-state index in [-0.39, 0.29) is 5.91 Å². The molecule has 174 valence electrons. The van der Waals surface area contributed by atoms with Crippen molar-refractivity contribution in [2.75, 3.05) is 44.2 Å². The average molecular weight is 467 g/mol. The third kappa shape index (κ3) is 4.69. The Labute approximate surface area is 197 Å². The zero-order valence-electron chi connectivity index (χ0n) is 18.6. The van der Waals surface area contributed by atoms with Crippen molar-refractivity contribution in [3.05, 3.63) is 65.9 Å². The van der Waals surface area contributed by atoms with E-state index in [2.05, 4.69) is 26.7 Å². The lowest BCUT2D eigenvalue weighted by atomic mass is 10.0. The fourth-order valence-electron chi connectivity index (χ4n) is 5.03. The summed E-state index contributed by atoms with van der Waals surface area (Å²) in [5.74, 6) is -0.193. The second-order valence-electron chi connectivity index (χ2n) is 8.83. The van der Waals surface area contributed by atoms with E-state index in [1.54, 1.807) is 18.3 Å². The van der Waals surface area contributed by atoms with E-state index < -0.39 is 17.1 Å². The van der Waals surface area contributed by atoms with Crippen LogP contribution in [-0.4, -0.2) is 70.3 Å². The molecule has 8 heteroatoms. The number of likely N-dealkylation sites (tertiary alicyclic amines) is 1. The Kier molecular flexibility index (Phi) is 6.48. The molecule has 3 heterocycles. The first-order valence-electron chi connectivity index (χ1n) is 11.6. The summed E-state index contributed by atoms with van der Waals surface area (Å²) >= 11 is 0. The second-order valence-corrected chi connectivity index (χ2v) is 10.0. The van der Waals surface area contributed by atoms with Gasteiger partial charge in [0, 0.05) is 57.2 Å². The molecule has 0 radical (unpaired) electrons. The Balaban J connectivity index is 1.13. The quantitative estimate of drug-likeness (QED) is 0.722. The molecule has 2 saturated heterocycles. The molecule has 33 heavy (non-hydrogen) atoms. The highest BCUT2D eigenvalue weighted by Gasteiger charge is 2.31. The van der Waals surface area contributed by atoms with Gasteiger partial charge in [-0.25, -0.2) is 4.21 Å². The van der Waals surface area contributed by atoms with Gasteiger partial charge in [0.15, 0.2) is 6.10 Å². The Morgan fingerprint density at radius 3 is 2.45 bits per heavy atom. The number of hydrogen-bond acceptors (Lipinski definition) is 5. The van der Waals surface area contributed by atoms with Gasteiger partial charge in [-0.2, -0.15) is 0 Å². The Bertz CT molecular complexity index is 1040. The minimum absolute atomic E-state index is 0.193. The monoisotopic (exact) mass is 466 g/mol. The molecule has 2 fully saturated rings. The van der Waals surface area contributed by atoms with E-state index >= 15 is 0 Å². The van der Waals surface area contributed by atoms with Crippen molar-refractivity contribution in [1.82, 2.24) is 14.5 Å². The van der Waals surface area contributed by atoms with Gasteiger partial charge in [0.2, 0.25) is 0 Å². The highest BCUT2D eigenvalue weighted by molar-refractivity contribution is 7.83. The summed E-state index contributed by atoms with van der Waals surface area (Å²) in [5.41, 5.74) is 2.84. The van der Waals surface area contributed by atoms with Gasteiger partial charge in [-0.1, -0.05) is 30.3 Å². The number of fused-ring (bicyclic) bond motifs is 1. The molecule has 0 aromatic heterocycles. The SMILES string of the molecule is O=C(C(O)c1ccccc1)N1CCC(N2CCN(c3ccc4c(c3)C=CNS4=O)CC2)CC1. The van der Waals surface area contributed by atoms with E-state index in [1.165, 1.54) is 5.69 Å². The van der Waals surface area contributed by atoms with Crippen LogP contribution in [0.5, 0.6) is 0 Å². The van der Waals surface area contributed by atoms with E-state index in [4.69, 9.17) is 0 Å². The molecule has 0 bridgehead atoms. The van der Waals surface area contributed by atoms with Crippen molar-refractivity contribution < 1.29 is 14.1 Å². The van der Waals surface area contributed by atoms with Gasteiger partial charge in [0.05, 0.1) is 4.90 Å². The van der Waals surface area contributed by atoms with Gasteiger partial charge in [0.1, 0.15) is 11.0 Å².